The lowest BCUT2D eigenvalue weighted by Gasteiger charge is -2.15. The lowest BCUT2D eigenvalue weighted by Crippen LogP contribution is -2.23. The number of hydrogen-bond acceptors (Lipinski definition) is 5. The second-order valence-electron chi connectivity index (χ2n) is 5.97. The van der Waals surface area contributed by atoms with Crippen LogP contribution in [0.25, 0.3) is 5.82 Å². The van der Waals surface area contributed by atoms with E-state index in [9.17, 15) is 9.59 Å². The Kier molecular flexibility index (Phi) is 6.61. The molecule has 0 atom stereocenters. The van der Waals surface area contributed by atoms with Crippen LogP contribution in [0.15, 0.2) is 46.0 Å². The number of pyridine rings is 1. The smallest absolute Gasteiger partial charge is 0.274 e. The Morgan fingerprint density at radius 2 is 2.00 bits per heavy atom. The molecule has 0 saturated carbocycles. The van der Waals surface area contributed by atoms with Crippen molar-refractivity contribution < 1.29 is 9.59 Å². The second kappa shape index (κ2) is 8.98. The van der Waals surface area contributed by atoms with Crippen LogP contribution in [0.3, 0.4) is 0 Å². The number of nitrogens with one attached hydrogen (secondary N) is 2. The van der Waals surface area contributed by atoms with Crippen molar-refractivity contribution in [1.29, 1.82) is 0 Å². The molecule has 0 radical (unpaired) electrons. The third-order valence-electron chi connectivity index (χ3n) is 4.11. The molecule has 3 rings (SSSR count). The summed E-state index contributed by atoms with van der Waals surface area (Å²) < 4.78 is 1.80. The fourth-order valence-corrected chi connectivity index (χ4v) is 3.85. The van der Waals surface area contributed by atoms with Gasteiger partial charge in [-0.2, -0.15) is 5.10 Å². The Morgan fingerprint density at radius 3 is 2.66 bits per heavy atom. The van der Waals surface area contributed by atoms with Gasteiger partial charge in [0.1, 0.15) is 10.3 Å². The predicted molar refractivity (Wildman–Crippen MR) is 118 cm³/mol. The van der Waals surface area contributed by atoms with Gasteiger partial charge >= 0.3 is 0 Å². The lowest BCUT2D eigenvalue weighted by atomic mass is 10.1. The van der Waals surface area contributed by atoms with Gasteiger partial charge in [0.25, 0.3) is 11.8 Å². The van der Waals surface area contributed by atoms with E-state index in [1.807, 2.05) is 19.2 Å². The van der Waals surface area contributed by atoms with E-state index in [0.717, 1.165) is 10.5 Å². The molecule has 150 valence electrons. The van der Waals surface area contributed by atoms with Crippen LogP contribution in [0.4, 0.5) is 5.69 Å². The molecule has 2 aromatic heterocycles. The molecular weight excluding hydrogens is 478 g/mol. The van der Waals surface area contributed by atoms with E-state index in [0.29, 0.717) is 26.7 Å². The number of rotatable bonds is 5. The number of aromatic nitrogens is 3. The van der Waals surface area contributed by atoms with Gasteiger partial charge in [-0.05, 0) is 58.9 Å². The Hall–Kier alpha value is -2.36. The number of nitrogens with zero attached hydrogens (tertiary/aromatic N) is 3. The topological polar surface area (TPSA) is 88.9 Å². The van der Waals surface area contributed by atoms with Gasteiger partial charge in [0.2, 0.25) is 0 Å². The number of aryl methyl sites for hydroxylation is 1. The SMILES string of the molecule is CNC(=O)c1cc(SC)cc(C)c1NC(=O)c1cc(Br)nn1-c1ncccc1Cl. The summed E-state index contributed by atoms with van der Waals surface area (Å²) in [5.74, 6) is -0.414. The first-order valence-electron chi connectivity index (χ1n) is 8.44. The van der Waals surface area contributed by atoms with Crippen molar-refractivity contribution in [2.45, 2.75) is 11.8 Å². The average molecular weight is 495 g/mol. The minimum Gasteiger partial charge on any atom is -0.355 e. The summed E-state index contributed by atoms with van der Waals surface area (Å²) in [7, 11) is 1.55. The van der Waals surface area contributed by atoms with Gasteiger partial charge in [0, 0.05) is 24.2 Å². The highest BCUT2D eigenvalue weighted by atomic mass is 79.9. The number of benzene rings is 1. The first-order chi connectivity index (χ1) is 13.8. The third kappa shape index (κ3) is 4.47. The Labute approximate surface area is 185 Å². The molecule has 10 heteroatoms. The van der Waals surface area contributed by atoms with Gasteiger partial charge in [-0.15, -0.1) is 11.8 Å². The number of thioether (sulfide) groups is 1. The maximum Gasteiger partial charge on any atom is 0.274 e. The molecule has 3 aromatic rings. The normalized spacial score (nSPS) is 10.7. The molecule has 0 aliphatic carbocycles. The number of anilines is 1. The third-order valence-corrected chi connectivity index (χ3v) is 5.50. The minimum absolute atomic E-state index is 0.216. The van der Waals surface area contributed by atoms with Gasteiger partial charge in [0.15, 0.2) is 5.82 Å². The van der Waals surface area contributed by atoms with Gasteiger partial charge < -0.3 is 10.6 Å². The highest BCUT2D eigenvalue weighted by Crippen LogP contribution is 2.29. The molecule has 7 nitrogen and oxygen atoms in total. The summed E-state index contributed by atoms with van der Waals surface area (Å²) in [6.45, 7) is 1.84. The molecule has 0 saturated heterocycles. The van der Waals surface area contributed by atoms with Crippen LogP contribution in [-0.4, -0.2) is 39.9 Å². The number of hydrogen-bond donors (Lipinski definition) is 2. The molecule has 0 fully saturated rings. The van der Waals surface area contributed by atoms with Crippen LogP contribution in [0.1, 0.15) is 26.4 Å². The molecule has 2 N–H and O–H groups in total. The van der Waals surface area contributed by atoms with Crippen molar-refractivity contribution in [2.24, 2.45) is 0 Å². The van der Waals surface area contributed by atoms with E-state index < -0.39 is 5.91 Å². The monoisotopic (exact) mass is 493 g/mol. The molecule has 0 bridgehead atoms. The van der Waals surface area contributed by atoms with Gasteiger partial charge in [0.05, 0.1) is 16.3 Å². The fraction of sp³-hybridized carbons (Fsp3) is 0.158. The maximum absolute atomic E-state index is 13.1. The highest BCUT2D eigenvalue weighted by molar-refractivity contribution is 9.10. The van der Waals surface area contributed by atoms with Gasteiger partial charge in [-0.25, -0.2) is 9.67 Å². The lowest BCUT2D eigenvalue weighted by molar-refractivity contribution is 0.0963. The molecule has 29 heavy (non-hydrogen) atoms. The van der Waals surface area contributed by atoms with Crippen LogP contribution in [0.5, 0.6) is 0 Å². The Morgan fingerprint density at radius 1 is 1.24 bits per heavy atom. The molecule has 2 heterocycles. The molecule has 0 spiro atoms. The van der Waals surface area contributed by atoms with E-state index >= 15 is 0 Å². The first kappa shape index (κ1) is 21.4. The van der Waals surface area contributed by atoms with E-state index in [1.165, 1.54) is 16.4 Å². The summed E-state index contributed by atoms with van der Waals surface area (Å²) in [6.07, 6.45) is 3.49. The summed E-state index contributed by atoms with van der Waals surface area (Å²) in [4.78, 5) is 30.6. The number of carbonyl (C=O) groups is 2. The molecular formula is C19H17BrClN5O2S. The average Bonchev–Trinajstić information content (AvgIpc) is 3.10. The quantitative estimate of drug-likeness (QED) is 0.516. The predicted octanol–water partition coefficient (Wildman–Crippen LogP) is 4.33. The van der Waals surface area contributed by atoms with Crippen molar-refractivity contribution >= 4 is 56.8 Å². The van der Waals surface area contributed by atoms with Crippen molar-refractivity contribution in [3.05, 3.63) is 63.0 Å². The van der Waals surface area contributed by atoms with E-state index in [1.54, 1.807) is 37.5 Å². The highest BCUT2D eigenvalue weighted by Gasteiger charge is 2.22. The van der Waals surface area contributed by atoms with E-state index in [-0.39, 0.29) is 11.6 Å². The van der Waals surface area contributed by atoms with Crippen molar-refractivity contribution in [3.8, 4) is 5.82 Å². The number of halogens is 2. The van der Waals surface area contributed by atoms with Crippen molar-refractivity contribution in [2.75, 3.05) is 18.6 Å². The van der Waals surface area contributed by atoms with Crippen LogP contribution >= 0.6 is 39.3 Å². The minimum atomic E-state index is -0.449. The first-order valence-corrected chi connectivity index (χ1v) is 10.8. The van der Waals surface area contributed by atoms with Crippen LogP contribution in [0, 0.1) is 6.92 Å². The van der Waals surface area contributed by atoms with Crippen LogP contribution in [0.2, 0.25) is 5.02 Å². The van der Waals surface area contributed by atoms with Crippen LogP contribution < -0.4 is 10.6 Å². The zero-order chi connectivity index (χ0) is 21.1. The van der Waals surface area contributed by atoms with E-state index in [4.69, 9.17) is 11.6 Å². The molecule has 0 unspecified atom stereocenters. The van der Waals surface area contributed by atoms with Gasteiger partial charge in [-0.3, -0.25) is 9.59 Å². The summed E-state index contributed by atoms with van der Waals surface area (Å²) in [6, 6.07) is 8.57. The molecule has 2 amide bonds. The van der Waals surface area contributed by atoms with Crippen molar-refractivity contribution in [3.63, 3.8) is 0 Å². The molecule has 1 aromatic carbocycles. The standard InChI is InChI=1S/C19H17BrClN5O2S/c1-10-7-11(29-3)8-12(18(27)22-2)16(10)24-19(28)14-9-15(20)25-26(14)17-13(21)5-4-6-23-17/h4-9H,1-3H3,(H,22,27)(H,24,28). The van der Waals surface area contributed by atoms with Gasteiger partial charge in [-0.1, -0.05) is 11.6 Å². The second-order valence-corrected chi connectivity index (χ2v) is 8.07. The zero-order valence-corrected chi connectivity index (χ0v) is 18.9. The summed E-state index contributed by atoms with van der Waals surface area (Å²) in [5, 5.41) is 10.1. The fourth-order valence-electron chi connectivity index (χ4n) is 2.74. The molecule has 0 aliphatic rings. The zero-order valence-electron chi connectivity index (χ0n) is 15.8. The summed E-state index contributed by atoms with van der Waals surface area (Å²) >= 11 is 11.0. The Bertz CT molecular complexity index is 1100. The maximum atomic E-state index is 13.1. The largest absolute Gasteiger partial charge is 0.355 e. The van der Waals surface area contributed by atoms with Crippen molar-refractivity contribution in [1.82, 2.24) is 20.1 Å². The summed E-state index contributed by atoms with van der Waals surface area (Å²) in [5.41, 5.74) is 1.80. The Balaban J connectivity index is 2.05. The molecule has 0 aliphatic heterocycles. The number of amides is 2. The van der Waals surface area contributed by atoms with Crippen LogP contribution in [-0.2, 0) is 0 Å². The number of carbonyl (C=O) groups excluding carboxylic acids is 2. The van der Waals surface area contributed by atoms with E-state index in [2.05, 4.69) is 36.6 Å².